The summed E-state index contributed by atoms with van der Waals surface area (Å²) in [6, 6.07) is 11.9. The van der Waals surface area contributed by atoms with Crippen LogP contribution in [0.2, 0.25) is 0 Å². The summed E-state index contributed by atoms with van der Waals surface area (Å²) < 4.78 is 27.3. The lowest BCUT2D eigenvalue weighted by atomic mass is 10.1. The van der Waals surface area contributed by atoms with E-state index in [9.17, 15) is 8.42 Å². The Labute approximate surface area is 168 Å². The molecule has 0 saturated heterocycles. The number of aromatic amines is 1. The van der Waals surface area contributed by atoms with Gasteiger partial charge in [-0.15, -0.1) is 15.3 Å². The zero-order chi connectivity index (χ0) is 20.3. The maximum Gasteiger partial charge on any atom is 0.211 e. The van der Waals surface area contributed by atoms with E-state index in [1.165, 1.54) is 10.9 Å². The molecule has 0 unspecified atom stereocenters. The second kappa shape index (κ2) is 8.18. The summed E-state index contributed by atoms with van der Waals surface area (Å²) in [6.45, 7) is 2.59. The van der Waals surface area contributed by atoms with Gasteiger partial charge in [-0.1, -0.05) is 18.2 Å². The quantitative estimate of drug-likeness (QED) is 0.385. The Morgan fingerprint density at radius 3 is 2.79 bits per heavy atom. The number of para-hydroxylation sites is 1. The lowest BCUT2D eigenvalue weighted by molar-refractivity contribution is 0.581. The monoisotopic (exact) mass is 413 g/mol. The minimum atomic E-state index is -3.23. The molecular weight excluding hydrogens is 390 g/mol. The van der Waals surface area contributed by atoms with Gasteiger partial charge in [0.2, 0.25) is 10.0 Å². The first-order valence-corrected chi connectivity index (χ1v) is 11.2. The van der Waals surface area contributed by atoms with Gasteiger partial charge in [0.1, 0.15) is 5.82 Å². The average Bonchev–Trinajstić information content (AvgIpc) is 3.32. The van der Waals surface area contributed by atoms with Crippen molar-refractivity contribution < 1.29 is 8.42 Å². The molecule has 9 nitrogen and oxygen atoms in total. The van der Waals surface area contributed by atoms with Crippen LogP contribution in [0.3, 0.4) is 0 Å². The van der Waals surface area contributed by atoms with Crippen LogP contribution in [0.4, 0.5) is 5.82 Å². The predicted octanol–water partition coefficient (Wildman–Crippen LogP) is 1.74. The molecule has 0 saturated carbocycles. The van der Waals surface area contributed by atoms with Crippen LogP contribution >= 0.6 is 0 Å². The first-order valence-electron chi connectivity index (χ1n) is 9.53. The normalized spacial score (nSPS) is 12.0. The third-order valence-corrected chi connectivity index (χ3v) is 6.16. The standard InChI is InChI=1S/C19H23N7O2S/c1-2-29(27,28)22-12-10-19-24-23-18-8-7-17(25-26(18)19)20-11-9-14-13-21-16-6-4-3-5-15(14)16/h3-8,13,21-22H,2,9-12H2,1H3,(H,20,25). The summed E-state index contributed by atoms with van der Waals surface area (Å²) in [4.78, 5) is 3.29. The number of hydrogen-bond acceptors (Lipinski definition) is 6. The van der Waals surface area contributed by atoms with E-state index in [0.29, 0.717) is 23.7 Å². The predicted molar refractivity (Wildman–Crippen MR) is 112 cm³/mol. The highest BCUT2D eigenvalue weighted by molar-refractivity contribution is 7.89. The Morgan fingerprint density at radius 2 is 1.93 bits per heavy atom. The van der Waals surface area contributed by atoms with E-state index in [1.54, 1.807) is 11.4 Å². The summed E-state index contributed by atoms with van der Waals surface area (Å²) in [5, 5.41) is 17.3. The van der Waals surface area contributed by atoms with Gasteiger partial charge in [-0.05, 0) is 37.1 Å². The molecule has 152 valence electrons. The minimum Gasteiger partial charge on any atom is -0.368 e. The second-order valence-electron chi connectivity index (χ2n) is 6.69. The molecule has 29 heavy (non-hydrogen) atoms. The molecule has 3 heterocycles. The maximum atomic E-state index is 11.6. The molecule has 0 aliphatic carbocycles. The summed E-state index contributed by atoms with van der Waals surface area (Å²) in [7, 11) is -3.23. The van der Waals surface area contributed by atoms with Crippen LogP contribution in [-0.2, 0) is 22.9 Å². The molecule has 0 bridgehead atoms. The van der Waals surface area contributed by atoms with Crippen LogP contribution < -0.4 is 10.0 Å². The van der Waals surface area contributed by atoms with Gasteiger partial charge in [-0.3, -0.25) is 0 Å². The van der Waals surface area contributed by atoms with E-state index in [1.807, 2.05) is 30.5 Å². The van der Waals surface area contributed by atoms with Gasteiger partial charge in [0.15, 0.2) is 11.5 Å². The molecule has 0 atom stereocenters. The van der Waals surface area contributed by atoms with Gasteiger partial charge in [0.25, 0.3) is 0 Å². The van der Waals surface area contributed by atoms with Crippen molar-refractivity contribution in [3.8, 4) is 0 Å². The van der Waals surface area contributed by atoms with Crippen molar-refractivity contribution in [1.82, 2.24) is 29.5 Å². The van der Waals surface area contributed by atoms with Crippen molar-refractivity contribution in [2.75, 3.05) is 24.2 Å². The third kappa shape index (κ3) is 4.38. The van der Waals surface area contributed by atoms with Crippen molar-refractivity contribution in [2.45, 2.75) is 19.8 Å². The number of benzene rings is 1. The van der Waals surface area contributed by atoms with Crippen molar-refractivity contribution in [2.24, 2.45) is 0 Å². The van der Waals surface area contributed by atoms with E-state index < -0.39 is 10.0 Å². The Bertz CT molecular complexity index is 1230. The highest BCUT2D eigenvalue weighted by Crippen LogP contribution is 2.18. The van der Waals surface area contributed by atoms with Gasteiger partial charge in [-0.2, -0.15) is 4.52 Å². The molecular formula is C19H23N7O2S. The van der Waals surface area contributed by atoms with Crippen molar-refractivity contribution in [3.63, 3.8) is 0 Å². The van der Waals surface area contributed by atoms with E-state index >= 15 is 0 Å². The van der Waals surface area contributed by atoms with Crippen LogP contribution in [-0.4, -0.2) is 52.1 Å². The van der Waals surface area contributed by atoms with Crippen LogP contribution in [0.1, 0.15) is 18.3 Å². The number of aromatic nitrogens is 5. The first kappa shape index (κ1) is 19.3. The van der Waals surface area contributed by atoms with Gasteiger partial charge in [0, 0.05) is 36.6 Å². The van der Waals surface area contributed by atoms with E-state index in [-0.39, 0.29) is 12.3 Å². The fourth-order valence-electron chi connectivity index (χ4n) is 3.17. The summed E-state index contributed by atoms with van der Waals surface area (Å²) >= 11 is 0. The molecule has 0 amide bonds. The van der Waals surface area contributed by atoms with Crippen molar-refractivity contribution in [3.05, 3.63) is 54.0 Å². The average molecular weight is 414 g/mol. The summed E-state index contributed by atoms with van der Waals surface area (Å²) in [6.07, 6.45) is 3.31. The van der Waals surface area contributed by atoms with Gasteiger partial charge >= 0.3 is 0 Å². The van der Waals surface area contributed by atoms with Gasteiger partial charge < -0.3 is 10.3 Å². The Hall–Kier alpha value is -2.98. The van der Waals surface area contributed by atoms with Crippen molar-refractivity contribution in [1.29, 1.82) is 0 Å². The largest absolute Gasteiger partial charge is 0.368 e. The molecule has 0 aliphatic rings. The van der Waals surface area contributed by atoms with E-state index in [2.05, 4.69) is 42.5 Å². The summed E-state index contributed by atoms with van der Waals surface area (Å²) in [5.41, 5.74) is 3.01. The number of hydrogen-bond donors (Lipinski definition) is 3. The first-order chi connectivity index (χ1) is 14.1. The molecule has 3 N–H and O–H groups in total. The zero-order valence-corrected chi connectivity index (χ0v) is 16.9. The third-order valence-electron chi connectivity index (χ3n) is 4.75. The lowest BCUT2D eigenvalue weighted by Crippen LogP contribution is -2.27. The number of rotatable bonds is 9. The number of H-pyrrole nitrogens is 1. The van der Waals surface area contributed by atoms with E-state index in [0.717, 1.165) is 18.5 Å². The molecule has 0 fully saturated rings. The molecule has 3 aromatic heterocycles. The minimum absolute atomic E-state index is 0.0519. The van der Waals surface area contributed by atoms with Gasteiger partial charge in [-0.25, -0.2) is 13.1 Å². The van der Waals surface area contributed by atoms with Gasteiger partial charge in [0.05, 0.1) is 5.75 Å². The molecule has 0 aliphatic heterocycles. The molecule has 4 aromatic rings. The Kier molecular flexibility index (Phi) is 5.45. The number of sulfonamides is 1. The molecule has 4 rings (SSSR count). The highest BCUT2D eigenvalue weighted by Gasteiger charge is 2.10. The zero-order valence-electron chi connectivity index (χ0n) is 16.1. The number of nitrogens with one attached hydrogen (secondary N) is 3. The summed E-state index contributed by atoms with van der Waals surface area (Å²) in [5.74, 6) is 1.38. The van der Waals surface area contributed by atoms with Crippen LogP contribution in [0.15, 0.2) is 42.6 Å². The fourth-order valence-corrected chi connectivity index (χ4v) is 3.78. The SMILES string of the molecule is CCS(=O)(=O)NCCc1nnc2ccc(NCCc3c[nH]c4ccccc34)nn12. The maximum absolute atomic E-state index is 11.6. The second-order valence-corrected chi connectivity index (χ2v) is 8.78. The highest BCUT2D eigenvalue weighted by atomic mass is 32.2. The molecule has 10 heteroatoms. The molecule has 0 spiro atoms. The Balaban J connectivity index is 1.40. The van der Waals surface area contributed by atoms with Crippen LogP contribution in [0, 0.1) is 0 Å². The Morgan fingerprint density at radius 1 is 1.07 bits per heavy atom. The molecule has 0 radical (unpaired) electrons. The van der Waals surface area contributed by atoms with E-state index in [4.69, 9.17) is 0 Å². The lowest BCUT2D eigenvalue weighted by Gasteiger charge is -2.07. The van der Waals surface area contributed by atoms with Crippen LogP contribution in [0.25, 0.3) is 16.6 Å². The fraction of sp³-hybridized carbons (Fsp3) is 0.316. The number of anilines is 1. The number of fused-ring (bicyclic) bond motifs is 2. The number of nitrogens with zero attached hydrogens (tertiary/aromatic N) is 4. The smallest absolute Gasteiger partial charge is 0.211 e. The topological polar surface area (TPSA) is 117 Å². The van der Waals surface area contributed by atoms with Crippen LogP contribution in [0.5, 0.6) is 0 Å². The molecule has 1 aromatic carbocycles. The van der Waals surface area contributed by atoms with Crippen molar-refractivity contribution >= 4 is 32.4 Å².